The van der Waals surface area contributed by atoms with E-state index in [1.165, 1.54) is 6.07 Å². The normalized spacial score (nSPS) is 11.8. The number of nitrogens with one attached hydrogen (secondary N) is 1. The Morgan fingerprint density at radius 2 is 1.53 bits per heavy atom. The molecule has 0 saturated carbocycles. The van der Waals surface area contributed by atoms with Gasteiger partial charge in [0.25, 0.3) is 5.91 Å². The number of primary amides is 1. The predicted octanol–water partition coefficient (Wildman–Crippen LogP) is 4.32. The van der Waals surface area contributed by atoms with Crippen molar-refractivity contribution in [1.29, 1.82) is 0 Å². The largest absolute Gasteiger partial charge is 0.484 e. The van der Waals surface area contributed by atoms with Crippen LogP contribution in [-0.2, 0) is 21.9 Å². The molecule has 2 rings (SSSR count). The number of thioether (sulfide) groups is 1. The molecule has 2 aromatic carbocycles. The Bertz CT molecular complexity index is 899. The molecule has 0 atom stereocenters. The van der Waals surface area contributed by atoms with Crippen LogP contribution in [0.1, 0.15) is 11.1 Å². The van der Waals surface area contributed by atoms with E-state index in [0.29, 0.717) is 17.0 Å². The van der Waals surface area contributed by atoms with Crippen molar-refractivity contribution in [2.45, 2.75) is 17.2 Å². The zero-order chi connectivity index (χ0) is 22.5. The monoisotopic (exact) mass is 452 g/mol. The fraction of sp³-hybridized carbons (Fsp3) is 0.222. The molecule has 30 heavy (non-hydrogen) atoms. The summed E-state index contributed by atoms with van der Waals surface area (Å²) in [6, 6.07) is 7.00. The molecular weight excluding hydrogens is 438 g/mol. The van der Waals surface area contributed by atoms with Crippen LogP contribution in [0.25, 0.3) is 0 Å². The van der Waals surface area contributed by atoms with E-state index in [1.807, 2.05) is 0 Å². The maximum Gasteiger partial charge on any atom is 0.416 e. The van der Waals surface area contributed by atoms with Crippen LogP contribution in [-0.4, -0.2) is 24.2 Å². The molecule has 162 valence electrons. The van der Waals surface area contributed by atoms with Crippen LogP contribution in [0, 0.1) is 0 Å². The van der Waals surface area contributed by atoms with Gasteiger partial charge in [0.1, 0.15) is 5.75 Å². The van der Waals surface area contributed by atoms with Gasteiger partial charge < -0.3 is 15.8 Å². The van der Waals surface area contributed by atoms with Crippen LogP contribution in [0.5, 0.6) is 5.75 Å². The van der Waals surface area contributed by atoms with Gasteiger partial charge in [0.2, 0.25) is 5.91 Å². The van der Waals surface area contributed by atoms with E-state index in [2.05, 4.69) is 5.32 Å². The maximum atomic E-state index is 12.9. The van der Waals surface area contributed by atoms with Crippen LogP contribution in [0.15, 0.2) is 47.4 Å². The molecule has 5 nitrogen and oxygen atoms in total. The van der Waals surface area contributed by atoms with E-state index >= 15 is 0 Å². The first-order valence-electron chi connectivity index (χ1n) is 8.08. The van der Waals surface area contributed by atoms with Gasteiger partial charge in [-0.3, -0.25) is 9.59 Å². The van der Waals surface area contributed by atoms with E-state index in [4.69, 9.17) is 10.5 Å². The second-order valence-electron chi connectivity index (χ2n) is 5.83. The summed E-state index contributed by atoms with van der Waals surface area (Å²) in [4.78, 5) is 23.4. The van der Waals surface area contributed by atoms with Crippen LogP contribution >= 0.6 is 11.8 Å². The van der Waals surface area contributed by atoms with Crippen LogP contribution in [0.4, 0.5) is 32.0 Å². The summed E-state index contributed by atoms with van der Waals surface area (Å²) in [5.41, 5.74) is 2.23. The quantitative estimate of drug-likeness (QED) is 0.484. The molecule has 0 saturated heterocycles. The van der Waals surface area contributed by atoms with Crippen molar-refractivity contribution in [3.8, 4) is 5.75 Å². The highest BCUT2D eigenvalue weighted by Crippen LogP contribution is 2.38. The Labute approximate surface area is 170 Å². The minimum atomic E-state index is -5.03. The third-order valence-corrected chi connectivity index (χ3v) is 4.56. The number of ether oxygens (including phenoxy) is 1. The maximum absolute atomic E-state index is 12.9. The zero-order valence-electron chi connectivity index (χ0n) is 14.9. The van der Waals surface area contributed by atoms with E-state index < -0.39 is 47.7 Å². The molecule has 0 aliphatic heterocycles. The Balaban J connectivity index is 2.12. The number of hydrogen-bond acceptors (Lipinski definition) is 4. The van der Waals surface area contributed by atoms with Crippen molar-refractivity contribution in [2.75, 3.05) is 17.7 Å². The van der Waals surface area contributed by atoms with Crippen LogP contribution in [0.3, 0.4) is 0 Å². The highest BCUT2D eigenvalue weighted by molar-refractivity contribution is 8.00. The second kappa shape index (κ2) is 9.28. The summed E-state index contributed by atoms with van der Waals surface area (Å²) in [5.74, 6) is -2.24. The van der Waals surface area contributed by atoms with Crippen molar-refractivity contribution in [3.63, 3.8) is 0 Å². The number of halogens is 6. The van der Waals surface area contributed by atoms with Gasteiger partial charge in [-0.05, 0) is 30.3 Å². The minimum Gasteiger partial charge on any atom is -0.484 e. The molecule has 12 heteroatoms. The molecule has 0 unspecified atom stereocenters. The molecule has 2 amide bonds. The Morgan fingerprint density at radius 1 is 0.967 bits per heavy atom. The van der Waals surface area contributed by atoms with Crippen molar-refractivity contribution in [1.82, 2.24) is 0 Å². The Hall–Kier alpha value is -2.89. The summed E-state index contributed by atoms with van der Waals surface area (Å²) >= 11 is 1.04. The van der Waals surface area contributed by atoms with Crippen molar-refractivity contribution in [3.05, 3.63) is 53.6 Å². The van der Waals surface area contributed by atoms with Crippen molar-refractivity contribution >= 4 is 29.3 Å². The molecule has 0 spiro atoms. The average Bonchev–Trinajstić information content (AvgIpc) is 2.64. The third kappa shape index (κ3) is 6.87. The number of amides is 2. The van der Waals surface area contributed by atoms with E-state index in [9.17, 15) is 35.9 Å². The molecule has 0 heterocycles. The molecule has 3 N–H and O–H groups in total. The molecule has 0 radical (unpaired) electrons. The van der Waals surface area contributed by atoms with Crippen molar-refractivity contribution in [2.24, 2.45) is 5.73 Å². The van der Waals surface area contributed by atoms with Gasteiger partial charge in [0.15, 0.2) is 6.61 Å². The highest BCUT2D eigenvalue weighted by Gasteiger charge is 2.37. The number of hydrogen-bond donors (Lipinski definition) is 2. The smallest absolute Gasteiger partial charge is 0.416 e. The van der Waals surface area contributed by atoms with Gasteiger partial charge in [0.05, 0.1) is 22.6 Å². The SMILES string of the molecule is NC(=O)CSc1ccccc1NC(=O)COc1cc(C(F)(F)F)cc(C(F)(F)F)c1. The average molecular weight is 452 g/mol. The first kappa shape index (κ1) is 23.4. The second-order valence-corrected chi connectivity index (χ2v) is 6.85. The third-order valence-electron chi connectivity index (χ3n) is 3.46. The predicted molar refractivity (Wildman–Crippen MR) is 96.9 cm³/mol. The lowest BCUT2D eigenvalue weighted by Gasteiger charge is -2.15. The van der Waals surface area contributed by atoms with Gasteiger partial charge in [-0.15, -0.1) is 11.8 Å². The van der Waals surface area contributed by atoms with Gasteiger partial charge in [-0.25, -0.2) is 0 Å². The van der Waals surface area contributed by atoms with Gasteiger partial charge in [-0.1, -0.05) is 12.1 Å². The lowest BCUT2D eigenvalue weighted by molar-refractivity contribution is -0.143. The number of carbonyl (C=O) groups is 2. The van der Waals surface area contributed by atoms with Gasteiger partial charge in [0, 0.05) is 4.90 Å². The number of anilines is 1. The lowest BCUT2D eigenvalue weighted by atomic mass is 10.1. The molecule has 0 fully saturated rings. The highest BCUT2D eigenvalue weighted by atomic mass is 32.2. The van der Waals surface area contributed by atoms with Crippen molar-refractivity contribution < 1.29 is 40.7 Å². The first-order valence-corrected chi connectivity index (χ1v) is 9.07. The van der Waals surface area contributed by atoms with Gasteiger partial charge >= 0.3 is 12.4 Å². The standard InChI is InChI=1S/C18H14F6N2O3S/c19-17(20,21)10-5-11(18(22,23)24)7-12(6-10)29-8-16(28)26-13-3-1-2-4-14(13)30-9-15(25)27/h1-7H,8-9H2,(H2,25,27)(H,26,28). The molecule has 0 aliphatic carbocycles. The zero-order valence-corrected chi connectivity index (χ0v) is 15.8. The summed E-state index contributed by atoms with van der Waals surface area (Å²) < 4.78 is 82.0. The van der Waals surface area contributed by atoms with E-state index in [-0.39, 0.29) is 17.5 Å². The number of carbonyl (C=O) groups excluding carboxylic acids is 2. The van der Waals surface area contributed by atoms with Crippen LogP contribution < -0.4 is 15.8 Å². The van der Waals surface area contributed by atoms with E-state index in [0.717, 1.165) is 11.8 Å². The number of benzene rings is 2. The number of para-hydroxylation sites is 1. The molecule has 0 bridgehead atoms. The molecule has 0 aromatic heterocycles. The summed E-state index contributed by atoms with van der Waals surface area (Å²) in [6.45, 7) is -0.840. The fourth-order valence-electron chi connectivity index (χ4n) is 2.19. The molecule has 0 aliphatic rings. The number of rotatable bonds is 7. The number of alkyl halides is 6. The van der Waals surface area contributed by atoms with Crippen LogP contribution in [0.2, 0.25) is 0 Å². The summed E-state index contributed by atoms with van der Waals surface area (Å²) in [6.07, 6.45) is -10.1. The molecular formula is C18H14F6N2O3S. The summed E-state index contributed by atoms with van der Waals surface area (Å²) in [7, 11) is 0. The Morgan fingerprint density at radius 3 is 2.07 bits per heavy atom. The minimum absolute atomic E-state index is 0.0425. The number of nitrogens with two attached hydrogens (primary N) is 1. The van der Waals surface area contributed by atoms with E-state index in [1.54, 1.807) is 18.2 Å². The first-order chi connectivity index (χ1) is 13.9. The lowest BCUT2D eigenvalue weighted by Crippen LogP contribution is -2.21. The topological polar surface area (TPSA) is 81.4 Å². The Kier molecular flexibility index (Phi) is 7.24. The fourth-order valence-corrected chi connectivity index (χ4v) is 2.94. The molecule has 2 aromatic rings. The van der Waals surface area contributed by atoms with Gasteiger partial charge in [-0.2, -0.15) is 26.3 Å². The summed E-state index contributed by atoms with van der Waals surface area (Å²) in [5, 5.41) is 2.41.